The lowest BCUT2D eigenvalue weighted by molar-refractivity contribution is 0.163. The number of aromatic nitrogens is 2. The van der Waals surface area contributed by atoms with Gasteiger partial charge in [-0.25, -0.2) is 8.42 Å². The first kappa shape index (κ1) is 21.3. The van der Waals surface area contributed by atoms with E-state index in [4.69, 9.17) is 27.7 Å². The quantitative estimate of drug-likeness (QED) is 0.567. The number of piperazine rings is 1. The lowest BCUT2D eigenvalue weighted by atomic mass is 10.1. The van der Waals surface area contributed by atoms with Crippen molar-refractivity contribution in [3.8, 4) is 11.4 Å². The lowest BCUT2D eigenvalue weighted by Crippen LogP contribution is -2.48. The Morgan fingerprint density at radius 1 is 1.03 bits per heavy atom. The van der Waals surface area contributed by atoms with Crippen molar-refractivity contribution in [3.05, 3.63) is 64.0 Å². The number of aryl methyl sites for hydroxylation is 1. The van der Waals surface area contributed by atoms with Gasteiger partial charge in [0.05, 0.1) is 16.6 Å². The zero-order valence-electron chi connectivity index (χ0n) is 16.3. The van der Waals surface area contributed by atoms with Gasteiger partial charge in [-0.15, -0.1) is 0 Å². The van der Waals surface area contributed by atoms with Crippen LogP contribution in [0.2, 0.25) is 10.0 Å². The Kier molecular flexibility index (Phi) is 6.13. The molecule has 3 aromatic rings. The van der Waals surface area contributed by atoms with Crippen molar-refractivity contribution in [1.29, 1.82) is 0 Å². The highest BCUT2D eigenvalue weighted by molar-refractivity contribution is 7.89. The summed E-state index contributed by atoms with van der Waals surface area (Å²) < 4.78 is 32.7. The van der Waals surface area contributed by atoms with Crippen LogP contribution in [-0.2, 0) is 16.6 Å². The Bertz CT molecular complexity index is 1160. The molecule has 0 aliphatic carbocycles. The van der Waals surface area contributed by atoms with Gasteiger partial charge in [-0.2, -0.15) is 9.29 Å². The second-order valence-electron chi connectivity index (χ2n) is 7.06. The van der Waals surface area contributed by atoms with Crippen molar-refractivity contribution in [1.82, 2.24) is 19.3 Å². The first-order valence-corrected chi connectivity index (χ1v) is 11.6. The lowest BCUT2D eigenvalue weighted by Gasteiger charge is -2.33. The van der Waals surface area contributed by atoms with Gasteiger partial charge < -0.3 is 4.52 Å². The summed E-state index contributed by atoms with van der Waals surface area (Å²) in [5, 5.41) is 4.35. The zero-order chi connectivity index (χ0) is 21.3. The van der Waals surface area contributed by atoms with Gasteiger partial charge in [0.15, 0.2) is 0 Å². The fourth-order valence-electron chi connectivity index (χ4n) is 3.39. The van der Waals surface area contributed by atoms with E-state index >= 15 is 0 Å². The van der Waals surface area contributed by atoms with E-state index in [1.807, 2.05) is 31.2 Å². The summed E-state index contributed by atoms with van der Waals surface area (Å²) in [5.41, 5.74) is 2.00. The van der Waals surface area contributed by atoms with Crippen LogP contribution in [-0.4, -0.2) is 53.9 Å². The number of nitrogens with zero attached hydrogens (tertiary/aromatic N) is 4. The molecular formula is C20H20Cl2N4O3S. The first-order valence-electron chi connectivity index (χ1n) is 9.41. The van der Waals surface area contributed by atoms with Crippen LogP contribution in [0, 0.1) is 6.92 Å². The molecular weight excluding hydrogens is 447 g/mol. The predicted octanol–water partition coefficient (Wildman–Crippen LogP) is 3.86. The molecule has 0 radical (unpaired) electrons. The number of sulfonamides is 1. The normalized spacial score (nSPS) is 16.1. The van der Waals surface area contributed by atoms with Crippen molar-refractivity contribution in [2.24, 2.45) is 0 Å². The standard InChI is InChI=1S/C20H20Cl2N4O3S/c1-14-5-2-3-6-15(14)20-23-18(29-24-20)13-25-9-11-26(12-10-25)30(27,28)17-8-4-7-16(21)19(17)22/h2-8H,9-13H2,1H3. The molecule has 0 unspecified atom stereocenters. The van der Waals surface area contributed by atoms with Gasteiger partial charge in [0.2, 0.25) is 21.7 Å². The largest absolute Gasteiger partial charge is 0.338 e. The molecule has 2 aromatic carbocycles. The molecule has 30 heavy (non-hydrogen) atoms. The molecule has 1 aromatic heterocycles. The topological polar surface area (TPSA) is 79.5 Å². The Labute approximate surface area is 185 Å². The molecule has 1 aliphatic heterocycles. The predicted molar refractivity (Wildman–Crippen MR) is 115 cm³/mol. The molecule has 2 heterocycles. The van der Waals surface area contributed by atoms with Crippen LogP contribution in [0.5, 0.6) is 0 Å². The van der Waals surface area contributed by atoms with E-state index in [9.17, 15) is 8.42 Å². The van der Waals surface area contributed by atoms with Gasteiger partial charge in [-0.1, -0.05) is 58.7 Å². The highest BCUT2D eigenvalue weighted by atomic mass is 35.5. The molecule has 0 bridgehead atoms. The monoisotopic (exact) mass is 466 g/mol. The van der Waals surface area contributed by atoms with E-state index in [1.165, 1.54) is 10.4 Å². The van der Waals surface area contributed by atoms with Gasteiger partial charge in [0, 0.05) is 31.7 Å². The molecule has 158 valence electrons. The summed E-state index contributed by atoms with van der Waals surface area (Å²) in [6.45, 7) is 4.22. The summed E-state index contributed by atoms with van der Waals surface area (Å²) >= 11 is 12.1. The van der Waals surface area contributed by atoms with E-state index in [0.717, 1.165) is 11.1 Å². The van der Waals surface area contributed by atoms with Crippen molar-refractivity contribution in [2.45, 2.75) is 18.4 Å². The van der Waals surface area contributed by atoms with E-state index < -0.39 is 10.0 Å². The summed E-state index contributed by atoms with van der Waals surface area (Å²) in [5.74, 6) is 1.06. The van der Waals surface area contributed by atoms with Crippen LogP contribution < -0.4 is 0 Å². The molecule has 7 nitrogen and oxygen atoms in total. The first-order chi connectivity index (χ1) is 14.4. The van der Waals surface area contributed by atoms with Gasteiger partial charge in [0.1, 0.15) is 4.90 Å². The Morgan fingerprint density at radius 2 is 1.77 bits per heavy atom. The van der Waals surface area contributed by atoms with E-state index in [0.29, 0.717) is 44.4 Å². The third kappa shape index (κ3) is 4.24. The third-order valence-electron chi connectivity index (χ3n) is 5.08. The maximum atomic E-state index is 12.9. The van der Waals surface area contributed by atoms with Gasteiger partial charge in [0.25, 0.3) is 0 Å². The molecule has 0 spiro atoms. The van der Waals surface area contributed by atoms with Gasteiger partial charge in [-0.3, -0.25) is 4.90 Å². The second kappa shape index (κ2) is 8.64. The van der Waals surface area contributed by atoms with Crippen LogP contribution in [0.25, 0.3) is 11.4 Å². The summed E-state index contributed by atoms with van der Waals surface area (Å²) in [6.07, 6.45) is 0. The highest BCUT2D eigenvalue weighted by Gasteiger charge is 2.31. The number of hydrogen-bond donors (Lipinski definition) is 0. The van der Waals surface area contributed by atoms with Crippen molar-refractivity contribution >= 4 is 33.2 Å². The van der Waals surface area contributed by atoms with Crippen LogP contribution in [0.3, 0.4) is 0 Å². The number of rotatable bonds is 5. The van der Waals surface area contributed by atoms with Crippen LogP contribution >= 0.6 is 23.2 Å². The smallest absolute Gasteiger partial charge is 0.244 e. The van der Waals surface area contributed by atoms with Crippen LogP contribution in [0.4, 0.5) is 0 Å². The summed E-state index contributed by atoms with van der Waals surface area (Å²) in [7, 11) is -3.71. The average molecular weight is 467 g/mol. The minimum Gasteiger partial charge on any atom is -0.338 e. The fourth-order valence-corrected chi connectivity index (χ4v) is 5.55. The summed E-state index contributed by atoms with van der Waals surface area (Å²) in [4.78, 5) is 6.61. The van der Waals surface area contributed by atoms with Crippen molar-refractivity contribution < 1.29 is 12.9 Å². The average Bonchev–Trinajstić information content (AvgIpc) is 3.19. The fraction of sp³-hybridized carbons (Fsp3) is 0.300. The van der Waals surface area contributed by atoms with E-state index in [-0.39, 0.29) is 14.9 Å². The molecule has 4 rings (SSSR count). The molecule has 1 saturated heterocycles. The van der Waals surface area contributed by atoms with Crippen LogP contribution in [0.1, 0.15) is 11.5 Å². The van der Waals surface area contributed by atoms with E-state index in [2.05, 4.69) is 15.0 Å². The van der Waals surface area contributed by atoms with Crippen molar-refractivity contribution in [3.63, 3.8) is 0 Å². The SMILES string of the molecule is Cc1ccccc1-c1noc(CN2CCN(S(=O)(=O)c3cccc(Cl)c3Cl)CC2)n1. The minimum absolute atomic E-state index is 0.0323. The number of benzene rings is 2. The Hall–Kier alpha value is -1.97. The Morgan fingerprint density at radius 3 is 2.50 bits per heavy atom. The minimum atomic E-state index is -3.71. The number of halogens is 2. The molecule has 10 heteroatoms. The van der Waals surface area contributed by atoms with Gasteiger partial charge in [-0.05, 0) is 24.6 Å². The molecule has 0 saturated carbocycles. The third-order valence-corrected chi connectivity index (χ3v) is 7.95. The molecule has 0 atom stereocenters. The maximum Gasteiger partial charge on any atom is 0.244 e. The van der Waals surface area contributed by atoms with Crippen LogP contribution in [0.15, 0.2) is 51.9 Å². The maximum absolute atomic E-state index is 12.9. The highest BCUT2D eigenvalue weighted by Crippen LogP contribution is 2.31. The molecule has 1 aliphatic rings. The zero-order valence-corrected chi connectivity index (χ0v) is 18.6. The summed E-state index contributed by atoms with van der Waals surface area (Å²) in [6, 6.07) is 12.5. The molecule has 0 N–H and O–H groups in total. The molecule has 1 fully saturated rings. The van der Waals surface area contributed by atoms with E-state index in [1.54, 1.807) is 12.1 Å². The molecule has 0 amide bonds. The number of hydrogen-bond acceptors (Lipinski definition) is 6. The Balaban J connectivity index is 1.41. The second-order valence-corrected chi connectivity index (χ2v) is 9.75. The van der Waals surface area contributed by atoms with Gasteiger partial charge >= 0.3 is 0 Å². The van der Waals surface area contributed by atoms with Crippen molar-refractivity contribution in [2.75, 3.05) is 26.2 Å².